The number of aliphatic hydroxyl groups is 1. The van der Waals surface area contributed by atoms with E-state index in [1.54, 1.807) is 7.11 Å². The number of ether oxygens (including phenoxy) is 3. The number of fused-ring (bicyclic) bond motifs is 1. The van der Waals surface area contributed by atoms with Crippen LogP contribution in [0.2, 0.25) is 6.82 Å². The summed E-state index contributed by atoms with van der Waals surface area (Å²) in [5.74, 6) is 0.475. The zero-order valence-electron chi connectivity index (χ0n) is 27.2. The maximum atomic E-state index is 10.6. The van der Waals surface area contributed by atoms with Crippen LogP contribution in [0.25, 0.3) is 22.2 Å². The summed E-state index contributed by atoms with van der Waals surface area (Å²) in [6, 6.07) is 9.45. The first-order chi connectivity index (χ1) is 21.2. The van der Waals surface area contributed by atoms with Gasteiger partial charge >= 0.3 is 6.92 Å². The van der Waals surface area contributed by atoms with Crippen molar-refractivity contribution in [3.8, 4) is 11.3 Å². The van der Waals surface area contributed by atoms with E-state index in [1.807, 2.05) is 12.9 Å². The van der Waals surface area contributed by atoms with Crippen molar-refractivity contribution in [3.05, 3.63) is 47.3 Å². The first-order valence-corrected chi connectivity index (χ1v) is 16.6. The van der Waals surface area contributed by atoms with Crippen LogP contribution in [0.3, 0.4) is 0 Å². The number of hydrogen-bond donors (Lipinski definition) is 2. The molecule has 44 heavy (non-hydrogen) atoms. The van der Waals surface area contributed by atoms with Gasteiger partial charge in [0.15, 0.2) is 0 Å². The summed E-state index contributed by atoms with van der Waals surface area (Å²) in [6.07, 6.45) is 7.26. The first kappa shape index (κ1) is 31.7. The number of aliphatic hydroxyl groups excluding tert-OH is 1. The standard InChI is InChI=1S/C35H50BN3O5/c1-23(42-5)33-30(16-24(19-37-33)25-20-38(21-25)27-7-8-27)34-31(18-35(2,3)22-40)29-17-26(36(4)41)6-9-32(29)39(34)12-15-44-28-10-13-43-14-11-28/h6,9,16-17,19,23,25,27-28,40-41H,7-8,10-15,18,20-22H2,1-5H3. The fourth-order valence-corrected chi connectivity index (χ4v) is 6.91. The SMILES string of the molecule is COC(C)c1ncc(C2CN(C3CC3)C2)cc1-c1c(CC(C)(C)CO)c2cc(B(C)O)ccc2n1CCOC1CCOCC1. The second kappa shape index (κ2) is 13.2. The van der Waals surface area contributed by atoms with Crippen LogP contribution in [0.4, 0.5) is 0 Å². The van der Waals surface area contributed by atoms with E-state index < -0.39 is 6.92 Å². The third kappa shape index (κ3) is 6.64. The lowest BCUT2D eigenvalue weighted by atomic mass is 9.64. The Hall–Kier alpha value is -2.27. The molecule has 6 rings (SSSR count). The van der Waals surface area contributed by atoms with E-state index in [-0.39, 0.29) is 24.2 Å². The zero-order chi connectivity index (χ0) is 31.0. The summed E-state index contributed by atoms with van der Waals surface area (Å²) < 4.78 is 20.3. The molecule has 0 bridgehead atoms. The summed E-state index contributed by atoms with van der Waals surface area (Å²) >= 11 is 0. The van der Waals surface area contributed by atoms with Crippen LogP contribution in [-0.2, 0) is 27.2 Å². The van der Waals surface area contributed by atoms with E-state index in [2.05, 4.69) is 54.6 Å². The minimum Gasteiger partial charge on any atom is -0.447 e. The Morgan fingerprint density at radius 3 is 2.55 bits per heavy atom. The number of methoxy groups -OCH3 is 1. The Labute approximate surface area is 262 Å². The Balaban J connectivity index is 1.50. The van der Waals surface area contributed by atoms with E-state index in [0.717, 1.165) is 78.5 Å². The number of pyridine rings is 1. The first-order valence-electron chi connectivity index (χ1n) is 16.6. The van der Waals surface area contributed by atoms with Crippen LogP contribution in [0.15, 0.2) is 30.5 Å². The highest BCUT2D eigenvalue weighted by molar-refractivity contribution is 6.65. The van der Waals surface area contributed by atoms with Gasteiger partial charge in [0.1, 0.15) is 0 Å². The van der Waals surface area contributed by atoms with Crippen LogP contribution >= 0.6 is 0 Å². The van der Waals surface area contributed by atoms with Crippen molar-refractivity contribution >= 4 is 23.3 Å². The monoisotopic (exact) mass is 603 g/mol. The number of likely N-dealkylation sites (tertiary alicyclic amines) is 1. The average molecular weight is 604 g/mol. The molecule has 0 radical (unpaired) electrons. The maximum Gasteiger partial charge on any atom is 0.320 e. The summed E-state index contributed by atoms with van der Waals surface area (Å²) in [7, 11) is 1.74. The molecule has 2 aliphatic heterocycles. The molecule has 2 N–H and O–H groups in total. The van der Waals surface area contributed by atoms with Crippen molar-refractivity contribution < 1.29 is 24.3 Å². The Bertz CT molecular complexity index is 1440. The quantitative estimate of drug-likeness (QED) is 0.277. The van der Waals surface area contributed by atoms with Gasteiger partial charge in [-0.2, -0.15) is 0 Å². The van der Waals surface area contributed by atoms with Crippen LogP contribution in [0.1, 0.15) is 75.3 Å². The molecule has 1 unspecified atom stereocenters. The number of aromatic nitrogens is 2. The van der Waals surface area contributed by atoms with Gasteiger partial charge in [-0.05, 0) is 73.2 Å². The molecule has 8 nitrogen and oxygen atoms in total. The number of hydrogen-bond acceptors (Lipinski definition) is 7. The van der Waals surface area contributed by atoms with Gasteiger partial charge in [-0.3, -0.25) is 9.88 Å². The second-order valence-corrected chi connectivity index (χ2v) is 14.1. The van der Waals surface area contributed by atoms with E-state index >= 15 is 0 Å². The molecule has 1 atom stereocenters. The van der Waals surface area contributed by atoms with E-state index in [1.165, 1.54) is 24.0 Å². The largest absolute Gasteiger partial charge is 0.447 e. The van der Waals surface area contributed by atoms with Crippen molar-refractivity contribution in [1.29, 1.82) is 0 Å². The minimum atomic E-state index is -0.580. The molecular weight excluding hydrogens is 553 g/mol. The van der Waals surface area contributed by atoms with E-state index in [4.69, 9.17) is 19.2 Å². The maximum absolute atomic E-state index is 10.6. The normalized spacial score (nSPS) is 19.4. The van der Waals surface area contributed by atoms with Gasteiger partial charge in [-0.1, -0.05) is 32.8 Å². The summed E-state index contributed by atoms with van der Waals surface area (Å²) in [6.45, 7) is 12.5. The van der Waals surface area contributed by atoms with Crippen molar-refractivity contribution in [2.45, 2.75) is 90.4 Å². The highest BCUT2D eigenvalue weighted by Gasteiger charge is 2.39. The lowest BCUT2D eigenvalue weighted by Crippen LogP contribution is -2.46. The van der Waals surface area contributed by atoms with Gasteiger partial charge in [0.25, 0.3) is 0 Å². The predicted octanol–water partition coefficient (Wildman–Crippen LogP) is 4.55. The smallest absolute Gasteiger partial charge is 0.320 e. The highest BCUT2D eigenvalue weighted by atomic mass is 16.5. The van der Waals surface area contributed by atoms with Gasteiger partial charge in [0, 0.05) is 81.2 Å². The highest BCUT2D eigenvalue weighted by Crippen LogP contribution is 2.43. The van der Waals surface area contributed by atoms with Gasteiger partial charge in [-0.25, -0.2) is 0 Å². The zero-order valence-corrected chi connectivity index (χ0v) is 27.2. The molecule has 9 heteroatoms. The third-order valence-electron chi connectivity index (χ3n) is 9.97. The fraction of sp³-hybridized carbons (Fsp3) is 0.629. The van der Waals surface area contributed by atoms with E-state index in [0.29, 0.717) is 25.5 Å². The van der Waals surface area contributed by atoms with Gasteiger partial charge in [0.05, 0.1) is 30.2 Å². The molecule has 3 aromatic rings. The van der Waals surface area contributed by atoms with Crippen molar-refractivity contribution in [2.24, 2.45) is 5.41 Å². The molecule has 3 aliphatic rings. The second-order valence-electron chi connectivity index (χ2n) is 14.1. The molecule has 3 fully saturated rings. The molecular formula is C35H50BN3O5. The average Bonchev–Trinajstić information content (AvgIpc) is 3.79. The van der Waals surface area contributed by atoms with Gasteiger partial charge in [0.2, 0.25) is 0 Å². The van der Waals surface area contributed by atoms with Gasteiger partial charge < -0.3 is 28.9 Å². The van der Waals surface area contributed by atoms with Crippen LogP contribution in [0, 0.1) is 5.41 Å². The Morgan fingerprint density at radius 2 is 1.89 bits per heavy atom. The summed E-state index contributed by atoms with van der Waals surface area (Å²) in [4.78, 5) is 7.70. The van der Waals surface area contributed by atoms with Crippen LogP contribution < -0.4 is 5.46 Å². The summed E-state index contributed by atoms with van der Waals surface area (Å²) in [5, 5.41) is 22.1. The molecule has 2 saturated heterocycles. The Kier molecular flexibility index (Phi) is 9.53. The van der Waals surface area contributed by atoms with Crippen molar-refractivity contribution in [1.82, 2.24) is 14.5 Å². The van der Waals surface area contributed by atoms with Crippen molar-refractivity contribution in [3.63, 3.8) is 0 Å². The Morgan fingerprint density at radius 1 is 1.14 bits per heavy atom. The van der Waals surface area contributed by atoms with Gasteiger partial charge in [-0.15, -0.1) is 0 Å². The molecule has 4 heterocycles. The predicted molar refractivity (Wildman–Crippen MR) is 176 cm³/mol. The van der Waals surface area contributed by atoms with Crippen molar-refractivity contribution in [2.75, 3.05) is 46.6 Å². The molecule has 238 valence electrons. The summed E-state index contributed by atoms with van der Waals surface area (Å²) in [5.41, 5.74) is 7.22. The fourth-order valence-electron chi connectivity index (χ4n) is 6.91. The minimum absolute atomic E-state index is 0.0702. The molecule has 0 spiro atoms. The number of rotatable bonds is 13. The molecule has 2 aromatic heterocycles. The number of benzene rings is 1. The lowest BCUT2D eigenvalue weighted by Gasteiger charge is -2.40. The number of nitrogens with zero attached hydrogens (tertiary/aromatic N) is 3. The molecule has 1 aromatic carbocycles. The van der Waals surface area contributed by atoms with Crippen LogP contribution in [-0.4, -0.2) is 90.3 Å². The van der Waals surface area contributed by atoms with Crippen LogP contribution in [0.5, 0.6) is 0 Å². The molecule has 1 saturated carbocycles. The topological polar surface area (TPSA) is 89.2 Å². The molecule has 1 aliphatic carbocycles. The lowest BCUT2D eigenvalue weighted by molar-refractivity contribution is -0.0336. The third-order valence-corrected chi connectivity index (χ3v) is 9.97. The molecule has 0 amide bonds. The van der Waals surface area contributed by atoms with E-state index in [9.17, 15) is 10.1 Å².